The molecule has 4 N–H and O–H groups in total. The molecule has 0 saturated carbocycles. The van der Waals surface area contributed by atoms with E-state index >= 15 is 0 Å². The number of carbonyl (C=O) groups excluding carboxylic acids is 1. The fourth-order valence-electron chi connectivity index (χ4n) is 4.51. The number of rotatable bonds is 10. The van der Waals surface area contributed by atoms with E-state index < -0.39 is 44.5 Å². The largest absolute Gasteiger partial charge is 0.778 e. The number of aromatic nitrogens is 4. The van der Waals surface area contributed by atoms with Crippen LogP contribution in [0, 0.1) is 0 Å². The van der Waals surface area contributed by atoms with Crippen molar-refractivity contribution in [2.45, 2.75) is 44.2 Å². The normalized spacial score (nSPS) is 26.2. The first kappa shape index (κ1) is 26.6. The maximum Gasteiger partial charge on any atom is 0.320 e. The number of amides is 2. The van der Waals surface area contributed by atoms with Crippen LogP contribution in [-0.4, -0.2) is 76.0 Å². The van der Waals surface area contributed by atoms with Crippen LogP contribution in [0.15, 0.2) is 43.0 Å². The second-order valence-corrected chi connectivity index (χ2v) is 10.8. The summed E-state index contributed by atoms with van der Waals surface area (Å²) >= 11 is 0. The van der Waals surface area contributed by atoms with E-state index in [0.717, 1.165) is 5.56 Å². The van der Waals surface area contributed by atoms with Crippen LogP contribution >= 0.6 is 7.60 Å². The quantitative estimate of drug-likeness (QED) is 0.304. The van der Waals surface area contributed by atoms with E-state index in [9.17, 15) is 14.3 Å². The molecule has 0 radical (unpaired) electrons. The average molecular weight is 547 g/mol. The van der Waals surface area contributed by atoms with Gasteiger partial charge in [-0.3, -0.25) is 9.88 Å². The maximum absolute atomic E-state index is 12.2. The Morgan fingerprint density at radius 2 is 1.97 bits per heavy atom. The highest BCUT2D eigenvalue weighted by atomic mass is 31.2. The number of anilines is 1. The number of ether oxygens (including phenoxy) is 3. The summed E-state index contributed by atoms with van der Waals surface area (Å²) in [5, 5.41) is 5.30. The van der Waals surface area contributed by atoms with Gasteiger partial charge in [0.25, 0.3) is 0 Å². The van der Waals surface area contributed by atoms with Crippen molar-refractivity contribution in [2.24, 2.45) is 5.73 Å². The van der Waals surface area contributed by atoms with Gasteiger partial charge in [0.05, 0.1) is 12.9 Å². The van der Waals surface area contributed by atoms with E-state index in [1.165, 1.54) is 12.7 Å². The zero-order valence-electron chi connectivity index (χ0n) is 20.6. The topological polar surface area (TPSA) is 188 Å². The first-order valence-electron chi connectivity index (χ1n) is 12.3. The highest BCUT2D eigenvalue weighted by Gasteiger charge is 2.54. The van der Waals surface area contributed by atoms with Gasteiger partial charge >= 0.3 is 6.03 Å². The van der Waals surface area contributed by atoms with E-state index in [4.69, 9.17) is 24.5 Å². The lowest BCUT2D eigenvalue weighted by molar-refractivity contribution is -0.203. The molecule has 4 heterocycles. The van der Waals surface area contributed by atoms with Crippen LogP contribution in [0.5, 0.6) is 0 Å². The van der Waals surface area contributed by atoms with Gasteiger partial charge in [0.1, 0.15) is 32.2 Å². The van der Waals surface area contributed by atoms with Crippen molar-refractivity contribution in [3.8, 4) is 0 Å². The molecule has 1 aromatic carbocycles. The van der Waals surface area contributed by atoms with Gasteiger partial charge in [-0.1, -0.05) is 30.3 Å². The summed E-state index contributed by atoms with van der Waals surface area (Å²) in [4.78, 5) is 37.1. The van der Waals surface area contributed by atoms with Crippen molar-refractivity contribution in [1.29, 1.82) is 0 Å². The van der Waals surface area contributed by atoms with E-state index in [2.05, 4.69) is 25.6 Å². The van der Waals surface area contributed by atoms with E-state index in [-0.39, 0.29) is 25.1 Å². The molecule has 6 atom stereocenters. The summed E-state index contributed by atoms with van der Waals surface area (Å²) in [5.41, 5.74) is 7.16. The monoisotopic (exact) mass is 546 g/mol. The summed E-state index contributed by atoms with van der Waals surface area (Å²) in [7, 11) is -4.13. The van der Waals surface area contributed by atoms with Gasteiger partial charge in [-0.05, 0) is 12.5 Å². The molecule has 15 heteroatoms. The predicted molar refractivity (Wildman–Crippen MR) is 133 cm³/mol. The predicted octanol–water partition coefficient (Wildman–Crippen LogP) is 0.747. The van der Waals surface area contributed by atoms with Crippen LogP contribution in [0.25, 0.3) is 11.2 Å². The minimum absolute atomic E-state index is 0.0485. The zero-order chi connectivity index (χ0) is 26.7. The van der Waals surface area contributed by atoms with Crippen molar-refractivity contribution in [1.82, 2.24) is 24.8 Å². The van der Waals surface area contributed by atoms with Crippen LogP contribution in [0.1, 0.15) is 18.7 Å². The van der Waals surface area contributed by atoms with E-state index in [1.54, 1.807) is 11.5 Å². The SMILES string of the molecule is CCNC(=O)Nc1ncnc2c1ncn2[C@@H]1O[C@H](COP(=O)([O-])CCN)C2OC(Cc3ccccc3)O[C@@H]21. The number of urea groups is 1. The minimum Gasteiger partial charge on any atom is -0.778 e. The molecule has 2 fully saturated rings. The number of hydrogen-bond acceptors (Lipinski definition) is 11. The summed E-state index contributed by atoms with van der Waals surface area (Å²) in [5.74, 6) is 0.230. The van der Waals surface area contributed by atoms with Crippen LogP contribution in [0.4, 0.5) is 10.6 Å². The third kappa shape index (κ3) is 5.71. The molecular weight excluding hydrogens is 517 g/mol. The summed E-state index contributed by atoms with van der Waals surface area (Å²) < 4.78 is 37.7. The molecule has 3 aromatic rings. The smallest absolute Gasteiger partial charge is 0.320 e. The molecule has 0 spiro atoms. The molecule has 2 amide bonds. The third-order valence-electron chi connectivity index (χ3n) is 6.19. The average Bonchev–Trinajstić information content (AvgIpc) is 3.58. The molecule has 3 unspecified atom stereocenters. The second-order valence-electron chi connectivity index (χ2n) is 8.84. The second kappa shape index (κ2) is 11.4. The summed E-state index contributed by atoms with van der Waals surface area (Å²) in [6, 6.07) is 9.31. The maximum atomic E-state index is 12.2. The van der Waals surface area contributed by atoms with Gasteiger partial charge in [-0.2, -0.15) is 0 Å². The zero-order valence-corrected chi connectivity index (χ0v) is 21.5. The Bertz CT molecular complexity index is 1310. The number of imidazole rings is 1. The number of nitrogens with one attached hydrogen (secondary N) is 2. The van der Waals surface area contributed by atoms with Gasteiger partial charge in [0.2, 0.25) is 0 Å². The molecular formula is C23H29N7O7P-. The fourth-order valence-corrected chi connectivity index (χ4v) is 5.33. The van der Waals surface area contributed by atoms with Gasteiger partial charge in [-0.25, -0.2) is 19.7 Å². The lowest BCUT2D eigenvalue weighted by Gasteiger charge is -2.26. The summed E-state index contributed by atoms with van der Waals surface area (Å²) in [6.45, 7) is 1.94. The van der Waals surface area contributed by atoms with Crippen molar-refractivity contribution < 1.29 is 33.0 Å². The Balaban J connectivity index is 1.40. The highest BCUT2D eigenvalue weighted by molar-refractivity contribution is 7.51. The minimum atomic E-state index is -4.13. The molecule has 14 nitrogen and oxygen atoms in total. The van der Waals surface area contributed by atoms with E-state index in [1.807, 2.05) is 30.3 Å². The van der Waals surface area contributed by atoms with Crippen LogP contribution in [0.2, 0.25) is 0 Å². The fraction of sp³-hybridized carbons (Fsp3) is 0.478. The van der Waals surface area contributed by atoms with Crippen LogP contribution in [0.3, 0.4) is 0 Å². The number of nitrogens with zero attached hydrogens (tertiary/aromatic N) is 4. The first-order valence-corrected chi connectivity index (χ1v) is 14.0. The van der Waals surface area contributed by atoms with Gasteiger partial charge in [0.15, 0.2) is 29.5 Å². The Labute approximate surface area is 218 Å². The Morgan fingerprint density at radius 3 is 2.74 bits per heavy atom. The molecule has 2 aliphatic rings. The summed E-state index contributed by atoms with van der Waals surface area (Å²) in [6.07, 6.45) is -0.281. The Morgan fingerprint density at radius 1 is 1.18 bits per heavy atom. The molecule has 5 rings (SSSR count). The van der Waals surface area contributed by atoms with Gasteiger partial charge in [-0.15, -0.1) is 0 Å². The molecule has 2 saturated heterocycles. The first-order chi connectivity index (χ1) is 18.4. The van der Waals surface area contributed by atoms with Gasteiger partial charge in [0, 0.05) is 25.7 Å². The molecule has 0 aliphatic carbocycles. The van der Waals surface area contributed by atoms with Crippen LogP contribution < -0.4 is 21.3 Å². The number of hydrogen-bond donors (Lipinski definition) is 3. The molecule has 2 aromatic heterocycles. The number of fused-ring (bicyclic) bond motifs is 2. The van der Waals surface area contributed by atoms with Crippen molar-refractivity contribution in [3.63, 3.8) is 0 Å². The number of nitrogens with two attached hydrogens (primary N) is 1. The number of carbonyl (C=O) groups is 1. The molecule has 38 heavy (non-hydrogen) atoms. The highest BCUT2D eigenvalue weighted by Crippen LogP contribution is 2.43. The standard InChI is InChI=1S/C23H30N7O7P/c1-2-25-23(31)29-20-17-21(27-12-26-20)30(13-28-17)22-19-18(15(35-22)11-34-38(32,33)9-8-24)36-16(37-19)10-14-6-4-3-5-7-14/h3-7,12-13,15-16,18-19,22H,2,8-11,24H2,1H3,(H,32,33)(H2,25,26,27,29,31)/p-1/t15-,16?,18?,19+,22-/m1/s1. The van der Waals surface area contributed by atoms with Gasteiger partial charge < -0.3 is 39.2 Å². The van der Waals surface area contributed by atoms with Crippen molar-refractivity contribution >= 4 is 30.6 Å². The van der Waals surface area contributed by atoms with Crippen LogP contribution in [-0.2, 0) is 29.7 Å². The lowest BCUT2D eigenvalue weighted by atomic mass is 10.1. The molecule has 204 valence electrons. The Kier molecular flexibility index (Phi) is 8.00. The molecule has 2 aliphatic heterocycles. The van der Waals surface area contributed by atoms with Crippen molar-refractivity contribution in [2.75, 3.05) is 31.2 Å². The van der Waals surface area contributed by atoms with Crippen molar-refractivity contribution in [3.05, 3.63) is 48.5 Å². The lowest BCUT2D eigenvalue weighted by Crippen LogP contribution is -2.32. The third-order valence-corrected chi connectivity index (χ3v) is 7.54. The number of benzene rings is 1. The molecule has 0 bridgehead atoms. The van der Waals surface area contributed by atoms with E-state index in [0.29, 0.717) is 24.1 Å². The Hall–Kier alpha value is -2.97.